The van der Waals surface area contributed by atoms with Crippen molar-refractivity contribution < 1.29 is 4.79 Å². The predicted octanol–water partition coefficient (Wildman–Crippen LogP) is 0.188. The number of carbonyl (C=O) groups is 1. The molecule has 2 heterocycles. The van der Waals surface area contributed by atoms with Gasteiger partial charge in [0.2, 0.25) is 5.91 Å². The van der Waals surface area contributed by atoms with Crippen molar-refractivity contribution in [1.82, 2.24) is 25.3 Å². The second-order valence-corrected chi connectivity index (χ2v) is 7.10. The molecule has 144 valence electrons. The van der Waals surface area contributed by atoms with E-state index in [1.54, 1.807) is 0 Å². The highest BCUT2D eigenvalue weighted by Crippen LogP contribution is 2.10. The summed E-state index contributed by atoms with van der Waals surface area (Å²) in [5.41, 5.74) is 0. The molecule has 0 spiro atoms. The summed E-state index contributed by atoms with van der Waals surface area (Å²) in [5.74, 6) is 1.09. The van der Waals surface area contributed by atoms with E-state index in [0.717, 1.165) is 64.7 Å². The molecule has 25 heavy (non-hydrogen) atoms. The van der Waals surface area contributed by atoms with Crippen LogP contribution in [0.5, 0.6) is 0 Å². The van der Waals surface area contributed by atoms with Crippen molar-refractivity contribution in [2.24, 2.45) is 4.99 Å². The van der Waals surface area contributed by atoms with Gasteiger partial charge in [-0.15, -0.1) is 0 Å². The van der Waals surface area contributed by atoms with Crippen molar-refractivity contribution in [2.45, 2.75) is 45.7 Å². The summed E-state index contributed by atoms with van der Waals surface area (Å²) in [6, 6.07) is 0.782. The van der Waals surface area contributed by atoms with Gasteiger partial charge in [-0.25, -0.2) is 0 Å². The van der Waals surface area contributed by atoms with Gasteiger partial charge in [0.05, 0.1) is 0 Å². The molecule has 2 aliphatic rings. The Morgan fingerprint density at radius 2 is 1.92 bits per heavy atom. The predicted molar refractivity (Wildman–Crippen MR) is 103 cm³/mol. The second kappa shape index (κ2) is 9.97. The Morgan fingerprint density at radius 1 is 1.20 bits per heavy atom. The normalized spacial score (nSPS) is 24.4. The Balaban J connectivity index is 1.71. The highest BCUT2D eigenvalue weighted by atomic mass is 16.2. The molecule has 0 aromatic heterocycles. The van der Waals surface area contributed by atoms with Gasteiger partial charge in [0, 0.05) is 71.4 Å². The molecule has 2 fully saturated rings. The van der Waals surface area contributed by atoms with Crippen molar-refractivity contribution in [3.8, 4) is 0 Å². The van der Waals surface area contributed by atoms with Gasteiger partial charge < -0.3 is 20.4 Å². The number of hydrogen-bond donors (Lipinski definition) is 2. The van der Waals surface area contributed by atoms with E-state index in [-0.39, 0.29) is 5.91 Å². The Kier molecular flexibility index (Phi) is 7.96. The van der Waals surface area contributed by atoms with Crippen LogP contribution in [0.3, 0.4) is 0 Å². The van der Waals surface area contributed by atoms with Crippen LogP contribution in [-0.2, 0) is 4.79 Å². The maximum Gasteiger partial charge on any atom is 0.222 e. The van der Waals surface area contributed by atoms with E-state index in [9.17, 15) is 4.79 Å². The van der Waals surface area contributed by atoms with Crippen molar-refractivity contribution >= 4 is 11.9 Å². The van der Waals surface area contributed by atoms with Gasteiger partial charge in [-0.2, -0.15) is 0 Å². The number of rotatable bonds is 6. The summed E-state index contributed by atoms with van der Waals surface area (Å²) in [7, 11) is 1.81. The third-order valence-corrected chi connectivity index (χ3v) is 5.45. The molecule has 2 aliphatic heterocycles. The molecule has 0 aliphatic carbocycles. The molecule has 7 heteroatoms. The molecule has 7 nitrogen and oxygen atoms in total. The number of piperazine rings is 1. The topological polar surface area (TPSA) is 63.2 Å². The Hall–Kier alpha value is -1.34. The number of nitrogens with zero attached hydrogens (tertiary/aromatic N) is 4. The van der Waals surface area contributed by atoms with E-state index in [2.05, 4.69) is 39.3 Å². The average Bonchev–Trinajstić information content (AvgIpc) is 3.12. The molecule has 2 unspecified atom stereocenters. The third-order valence-electron chi connectivity index (χ3n) is 5.45. The highest BCUT2D eigenvalue weighted by Gasteiger charge is 2.26. The smallest absolute Gasteiger partial charge is 0.222 e. The van der Waals surface area contributed by atoms with Crippen LogP contribution in [0.1, 0.15) is 33.6 Å². The van der Waals surface area contributed by atoms with Crippen molar-refractivity contribution in [2.75, 3.05) is 59.4 Å². The number of amides is 1. The molecule has 0 bridgehead atoms. The van der Waals surface area contributed by atoms with Crippen LogP contribution in [-0.4, -0.2) is 98.1 Å². The van der Waals surface area contributed by atoms with E-state index in [1.165, 1.54) is 0 Å². The van der Waals surface area contributed by atoms with Crippen LogP contribution < -0.4 is 10.6 Å². The first-order chi connectivity index (χ1) is 12.1. The lowest BCUT2D eigenvalue weighted by Crippen LogP contribution is -2.53. The fraction of sp³-hybridized carbons (Fsp3) is 0.889. The van der Waals surface area contributed by atoms with Crippen LogP contribution in [0.2, 0.25) is 0 Å². The number of likely N-dealkylation sites (N-methyl/N-ethyl adjacent to an activating group) is 1. The second-order valence-electron chi connectivity index (χ2n) is 7.10. The van der Waals surface area contributed by atoms with E-state index in [0.29, 0.717) is 18.5 Å². The quantitative estimate of drug-likeness (QED) is 0.528. The lowest BCUT2D eigenvalue weighted by atomic mass is 10.2. The maximum atomic E-state index is 11.8. The standard InChI is InChI=1S/C18H36N6O/c1-5-17(25)24-8-7-16(14-24)21-18(19-4)20-13-15(3)23-11-9-22(6-2)10-12-23/h15-16H,5-14H2,1-4H3,(H2,19,20,21). The lowest BCUT2D eigenvalue weighted by Gasteiger charge is -2.37. The van der Waals surface area contributed by atoms with Crippen LogP contribution in [0.4, 0.5) is 0 Å². The first kappa shape index (κ1) is 20.0. The minimum atomic E-state index is 0.243. The van der Waals surface area contributed by atoms with Crippen LogP contribution in [0.15, 0.2) is 4.99 Å². The molecule has 2 rings (SSSR count). The molecule has 2 saturated heterocycles. The fourth-order valence-corrected chi connectivity index (χ4v) is 3.61. The van der Waals surface area contributed by atoms with E-state index in [1.807, 2.05) is 18.9 Å². The first-order valence-corrected chi connectivity index (χ1v) is 9.78. The summed E-state index contributed by atoms with van der Waals surface area (Å²) in [4.78, 5) is 23.1. The summed E-state index contributed by atoms with van der Waals surface area (Å²) in [6.45, 7) is 14.7. The summed E-state index contributed by atoms with van der Waals surface area (Å²) in [5, 5.41) is 6.92. The van der Waals surface area contributed by atoms with Crippen LogP contribution >= 0.6 is 0 Å². The number of likely N-dealkylation sites (tertiary alicyclic amines) is 1. The molecule has 0 aromatic rings. The molecule has 0 saturated carbocycles. The molecule has 0 aromatic carbocycles. The number of hydrogen-bond acceptors (Lipinski definition) is 4. The SMILES string of the molecule is CCC(=O)N1CCC(NC(=NC)NCC(C)N2CCN(CC)CC2)C1. The monoisotopic (exact) mass is 352 g/mol. The number of nitrogens with one attached hydrogen (secondary N) is 2. The van der Waals surface area contributed by atoms with Gasteiger partial charge in [0.25, 0.3) is 0 Å². The molecule has 2 N–H and O–H groups in total. The molecular formula is C18H36N6O. The van der Waals surface area contributed by atoms with Gasteiger partial charge in [-0.3, -0.25) is 14.7 Å². The van der Waals surface area contributed by atoms with Gasteiger partial charge in [-0.05, 0) is 19.9 Å². The zero-order valence-electron chi connectivity index (χ0n) is 16.4. The van der Waals surface area contributed by atoms with Gasteiger partial charge in [0.1, 0.15) is 0 Å². The summed E-state index contributed by atoms with van der Waals surface area (Å²) in [6.07, 6.45) is 1.57. The summed E-state index contributed by atoms with van der Waals surface area (Å²) < 4.78 is 0. The number of carbonyl (C=O) groups excluding carboxylic acids is 1. The molecular weight excluding hydrogens is 316 g/mol. The minimum Gasteiger partial charge on any atom is -0.355 e. The van der Waals surface area contributed by atoms with E-state index < -0.39 is 0 Å². The van der Waals surface area contributed by atoms with E-state index in [4.69, 9.17) is 0 Å². The average molecular weight is 353 g/mol. The van der Waals surface area contributed by atoms with Crippen LogP contribution in [0.25, 0.3) is 0 Å². The number of aliphatic imine (C=N–C) groups is 1. The highest BCUT2D eigenvalue weighted by molar-refractivity contribution is 5.80. The minimum absolute atomic E-state index is 0.243. The molecule has 1 amide bonds. The van der Waals surface area contributed by atoms with Crippen molar-refractivity contribution in [1.29, 1.82) is 0 Å². The van der Waals surface area contributed by atoms with Crippen LogP contribution in [0, 0.1) is 0 Å². The lowest BCUT2D eigenvalue weighted by molar-refractivity contribution is -0.129. The van der Waals surface area contributed by atoms with E-state index >= 15 is 0 Å². The largest absolute Gasteiger partial charge is 0.355 e. The van der Waals surface area contributed by atoms with Crippen molar-refractivity contribution in [3.63, 3.8) is 0 Å². The molecule has 2 atom stereocenters. The maximum absolute atomic E-state index is 11.8. The van der Waals surface area contributed by atoms with Crippen molar-refractivity contribution in [3.05, 3.63) is 0 Å². The number of guanidine groups is 1. The van der Waals surface area contributed by atoms with Gasteiger partial charge >= 0.3 is 0 Å². The zero-order valence-corrected chi connectivity index (χ0v) is 16.4. The van der Waals surface area contributed by atoms with Gasteiger partial charge in [0.15, 0.2) is 5.96 Å². The van der Waals surface area contributed by atoms with Gasteiger partial charge in [-0.1, -0.05) is 13.8 Å². The Morgan fingerprint density at radius 3 is 2.52 bits per heavy atom. The Bertz CT molecular complexity index is 447. The fourth-order valence-electron chi connectivity index (χ4n) is 3.61. The zero-order chi connectivity index (χ0) is 18.2. The summed E-state index contributed by atoms with van der Waals surface area (Å²) >= 11 is 0. The molecule has 0 radical (unpaired) electrons. The Labute approximate surface area is 152 Å². The third kappa shape index (κ3) is 5.85. The first-order valence-electron chi connectivity index (χ1n) is 9.78.